The minimum Gasteiger partial charge on any atom is -0.312 e. The van der Waals surface area contributed by atoms with Gasteiger partial charge in [0.05, 0.1) is 12.7 Å². The van der Waals surface area contributed by atoms with E-state index < -0.39 is 0 Å². The lowest BCUT2D eigenvalue weighted by Gasteiger charge is -2.17. The van der Waals surface area contributed by atoms with Crippen LogP contribution in [0.2, 0.25) is 0 Å². The molecule has 0 aliphatic heterocycles. The zero-order valence-electron chi connectivity index (χ0n) is 9.74. The van der Waals surface area contributed by atoms with Gasteiger partial charge in [0.25, 0.3) is 0 Å². The third-order valence-corrected chi connectivity index (χ3v) is 2.99. The molecule has 3 heteroatoms. The number of aryl methyl sites for hydroxylation is 1. The molecule has 1 heterocycles. The van der Waals surface area contributed by atoms with Crippen LogP contribution in [0.5, 0.6) is 0 Å². The van der Waals surface area contributed by atoms with Crippen molar-refractivity contribution in [1.82, 2.24) is 15.1 Å². The molecule has 1 unspecified atom stereocenters. The Bertz CT molecular complexity index is 302. The van der Waals surface area contributed by atoms with Gasteiger partial charge >= 0.3 is 0 Å². The van der Waals surface area contributed by atoms with Crippen molar-refractivity contribution in [3.63, 3.8) is 0 Å². The molecule has 1 atom stereocenters. The molecule has 1 saturated carbocycles. The van der Waals surface area contributed by atoms with Gasteiger partial charge in [-0.1, -0.05) is 6.92 Å². The Kier molecular flexibility index (Phi) is 3.41. The molecule has 0 spiro atoms. The van der Waals surface area contributed by atoms with E-state index >= 15 is 0 Å². The van der Waals surface area contributed by atoms with Crippen molar-refractivity contribution in [2.24, 2.45) is 5.92 Å². The van der Waals surface area contributed by atoms with E-state index in [1.54, 1.807) is 0 Å². The molecular formula is C12H21N3. The predicted molar refractivity (Wildman–Crippen MR) is 61.8 cm³/mol. The van der Waals surface area contributed by atoms with Gasteiger partial charge in [0.2, 0.25) is 0 Å². The van der Waals surface area contributed by atoms with Crippen molar-refractivity contribution < 1.29 is 0 Å². The lowest BCUT2D eigenvalue weighted by atomic mass is 10.2. The van der Waals surface area contributed by atoms with Crippen LogP contribution in [-0.2, 0) is 6.54 Å². The van der Waals surface area contributed by atoms with Gasteiger partial charge in [-0.25, -0.2) is 0 Å². The van der Waals surface area contributed by atoms with Crippen LogP contribution in [0.4, 0.5) is 0 Å². The van der Waals surface area contributed by atoms with Gasteiger partial charge in [-0.2, -0.15) is 5.10 Å². The SMILES string of the molecule is CCCNC(Cn1cc(C)cn1)C1CC1. The first-order chi connectivity index (χ1) is 7.29. The summed E-state index contributed by atoms with van der Waals surface area (Å²) in [5, 5.41) is 7.98. The lowest BCUT2D eigenvalue weighted by Crippen LogP contribution is -2.35. The van der Waals surface area contributed by atoms with E-state index in [1.165, 1.54) is 24.8 Å². The monoisotopic (exact) mass is 207 g/mol. The molecule has 2 rings (SSSR count). The Morgan fingerprint density at radius 3 is 2.93 bits per heavy atom. The highest BCUT2D eigenvalue weighted by atomic mass is 15.3. The number of rotatable bonds is 6. The molecule has 1 aliphatic rings. The van der Waals surface area contributed by atoms with E-state index in [4.69, 9.17) is 0 Å². The molecule has 1 aromatic rings. The maximum atomic E-state index is 4.35. The van der Waals surface area contributed by atoms with Gasteiger partial charge in [0.15, 0.2) is 0 Å². The van der Waals surface area contributed by atoms with Crippen LogP contribution in [0, 0.1) is 12.8 Å². The van der Waals surface area contributed by atoms with E-state index in [0.717, 1.165) is 19.0 Å². The number of hydrogen-bond acceptors (Lipinski definition) is 2. The van der Waals surface area contributed by atoms with E-state index in [0.29, 0.717) is 6.04 Å². The summed E-state index contributed by atoms with van der Waals surface area (Å²) in [6.45, 7) is 6.46. The third-order valence-electron chi connectivity index (χ3n) is 2.99. The van der Waals surface area contributed by atoms with Crippen molar-refractivity contribution in [3.8, 4) is 0 Å². The highest BCUT2D eigenvalue weighted by Crippen LogP contribution is 2.33. The van der Waals surface area contributed by atoms with Gasteiger partial charge in [0, 0.05) is 12.2 Å². The normalized spacial score (nSPS) is 18.0. The molecule has 1 aromatic heterocycles. The Morgan fingerprint density at radius 2 is 2.40 bits per heavy atom. The van der Waals surface area contributed by atoms with Crippen LogP contribution in [0.1, 0.15) is 31.7 Å². The average Bonchev–Trinajstić information content (AvgIpc) is 2.98. The molecule has 0 bridgehead atoms. The van der Waals surface area contributed by atoms with Gasteiger partial charge in [-0.05, 0) is 44.2 Å². The molecule has 0 aromatic carbocycles. The fourth-order valence-corrected chi connectivity index (χ4v) is 1.98. The minimum atomic E-state index is 0.629. The minimum absolute atomic E-state index is 0.629. The van der Waals surface area contributed by atoms with E-state index in [-0.39, 0.29) is 0 Å². The average molecular weight is 207 g/mol. The second kappa shape index (κ2) is 4.79. The van der Waals surface area contributed by atoms with Crippen LogP contribution in [0.25, 0.3) is 0 Å². The summed E-state index contributed by atoms with van der Waals surface area (Å²) in [6, 6.07) is 0.629. The first kappa shape index (κ1) is 10.7. The van der Waals surface area contributed by atoms with Crippen LogP contribution in [0.15, 0.2) is 12.4 Å². The molecule has 15 heavy (non-hydrogen) atoms. The molecule has 0 radical (unpaired) electrons. The van der Waals surface area contributed by atoms with Crippen molar-refractivity contribution in [3.05, 3.63) is 18.0 Å². The van der Waals surface area contributed by atoms with Gasteiger partial charge < -0.3 is 5.32 Å². The maximum absolute atomic E-state index is 4.35. The Hall–Kier alpha value is -0.830. The summed E-state index contributed by atoms with van der Waals surface area (Å²) in [5.74, 6) is 0.890. The second-order valence-corrected chi connectivity index (χ2v) is 4.64. The molecule has 1 aliphatic carbocycles. The van der Waals surface area contributed by atoms with Crippen molar-refractivity contribution in [1.29, 1.82) is 0 Å². The zero-order valence-corrected chi connectivity index (χ0v) is 9.74. The number of nitrogens with one attached hydrogen (secondary N) is 1. The van der Waals surface area contributed by atoms with E-state index in [9.17, 15) is 0 Å². The third kappa shape index (κ3) is 3.06. The smallest absolute Gasteiger partial charge is 0.0565 e. The maximum Gasteiger partial charge on any atom is 0.0565 e. The van der Waals surface area contributed by atoms with Crippen molar-refractivity contribution >= 4 is 0 Å². The Morgan fingerprint density at radius 1 is 1.60 bits per heavy atom. The van der Waals surface area contributed by atoms with Crippen LogP contribution >= 0.6 is 0 Å². The van der Waals surface area contributed by atoms with E-state index in [1.807, 2.05) is 6.20 Å². The van der Waals surface area contributed by atoms with Gasteiger partial charge in [-0.3, -0.25) is 4.68 Å². The quantitative estimate of drug-likeness (QED) is 0.773. The van der Waals surface area contributed by atoms with Crippen LogP contribution in [-0.4, -0.2) is 22.4 Å². The summed E-state index contributed by atoms with van der Waals surface area (Å²) >= 11 is 0. The number of nitrogens with zero attached hydrogens (tertiary/aromatic N) is 2. The Labute approximate surface area is 91.9 Å². The predicted octanol–water partition coefficient (Wildman–Crippen LogP) is 1.97. The fourth-order valence-electron chi connectivity index (χ4n) is 1.98. The molecule has 0 amide bonds. The fraction of sp³-hybridized carbons (Fsp3) is 0.750. The summed E-state index contributed by atoms with van der Waals surface area (Å²) < 4.78 is 2.07. The van der Waals surface area contributed by atoms with Crippen molar-refractivity contribution in [2.75, 3.05) is 6.54 Å². The van der Waals surface area contributed by atoms with Crippen LogP contribution in [0.3, 0.4) is 0 Å². The number of hydrogen-bond donors (Lipinski definition) is 1. The second-order valence-electron chi connectivity index (χ2n) is 4.64. The van der Waals surface area contributed by atoms with E-state index in [2.05, 4.69) is 35.1 Å². The molecule has 1 N–H and O–H groups in total. The standard InChI is InChI=1S/C12H21N3/c1-3-6-13-12(11-4-5-11)9-15-8-10(2)7-14-15/h7-8,11-13H,3-6,9H2,1-2H3. The van der Waals surface area contributed by atoms with Gasteiger partial charge in [-0.15, -0.1) is 0 Å². The largest absolute Gasteiger partial charge is 0.312 e. The Balaban J connectivity index is 1.88. The van der Waals surface area contributed by atoms with Gasteiger partial charge in [0.1, 0.15) is 0 Å². The zero-order chi connectivity index (χ0) is 10.7. The summed E-state index contributed by atoms with van der Waals surface area (Å²) in [6.07, 6.45) is 8.05. The lowest BCUT2D eigenvalue weighted by molar-refractivity contribution is 0.390. The highest BCUT2D eigenvalue weighted by Gasteiger charge is 2.30. The number of aromatic nitrogens is 2. The topological polar surface area (TPSA) is 29.9 Å². The highest BCUT2D eigenvalue weighted by molar-refractivity contribution is 5.00. The summed E-state index contributed by atoms with van der Waals surface area (Å²) in [7, 11) is 0. The molecule has 0 saturated heterocycles. The first-order valence-corrected chi connectivity index (χ1v) is 6.02. The van der Waals surface area contributed by atoms with Crippen LogP contribution < -0.4 is 5.32 Å². The van der Waals surface area contributed by atoms with Crippen molar-refractivity contribution in [2.45, 2.75) is 45.7 Å². The molecule has 3 nitrogen and oxygen atoms in total. The first-order valence-electron chi connectivity index (χ1n) is 6.02. The molecule has 1 fully saturated rings. The molecule has 84 valence electrons. The summed E-state index contributed by atoms with van der Waals surface area (Å²) in [4.78, 5) is 0. The molecular weight excluding hydrogens is 186 g/mol. The summed E-state index contributed by atoms with van der Waals surface area (Å²) in [5.41, 5.74) is 1.25.